The van der Waals surface area contributed by atoms with E-state index in [1.165, 1.54) is 5.56 Å². The van der Waals surface area contributed by atoms with Gasteiger partial charge in [-0.05, 0) is 47.5 Å². The molecule has 190 valence electrons. The SMILES string of the molecule is COc1cccc(CN2CCN(C(=O)c3ccc(CS(=O)(=O)c4cccc5cccnc45)cc3)CC2)c1. The van der Waals surface area contributed by atoms with Gasteiger partial charge >= 0.3 is 0 Å². The van der Waals surface area contributed by atoms with E-state index in [0.717, 1.165) is 30.8 Å². The standard InChI is InChI=1S/C29H29N3O4S/c1-36-26-8-2-5-23(19-26)20-31-15-17-32(18-16-31)29(33)25-12-10-22(11-13-25)21-37(34,35)27-9-3-6-24-7-4-14-30-28(24)27/h2-14,19H,15-18,20-21H2,1H3. The zero-order valence-electron chi connectivity index (χ0n) is 20.7. The fraction of sp³-hybridized carbons (Fsp3) is 0.241. The first-order chi connectivity index (χ1) is 17.9. The van der Waals surface area contributed by atoms with E-state index >= 15 is 0 Å². The minimum Gasteiger partial charge on any atom is -0.497 e. The molecule has 5 rings (SSSR count). The number of para-hydroxylation sites is 1. The lowest BCUT2D eigenvalue weighted by molar-refractivity contribution is 0.0628. The minimum absolute atomic E-state index is 0.0336. The third-order valence-corrected chi connectivity index (χ3v) is 8.40. The highest BCUT2D eigenvalue weighted by Gasteiger charge is 2.23. The molecule has 0 atom stereocenters. The summed E-state index contributed by atoms with van der Waals surface area (Å²) in [6, 6.07) is 23.7. The quantitative estimate of drug-likeness (QED) is 0.368. The summed E-state index contributed by atoms with van der Waals surface area (Å²) in [5.74, 6) is 0.658. The van der Waals surface area contributed by atoms with Crippen LogP contribution in [0.1, 0.15) is 21.5 Å². The van der Waals surface area contributed by atoms with Crippen LogP contribution in [0.5, 0.6) is 5.75 Å². The molecule has 1 aromatic heterocycles. The summed E-state index contributed by atoms with van der Waals surface area (Å²) >= 11 is 0. The number of benzene rings is 3. The number of rotatable bonds is 7. The number of nitrogens with zero attached hydrogens (tertiary/aromatic N) is 3. The van der Waals surface area contributed by atoms with Crippen molar-refractivity contribution < 1.29 is 17.9 Å². The highest BCUT2D eigenvalue weighted by Crippen LogP contribution is 2.24. The number of sulfone groups is 1. The van der Waals surface area contributed by atoms with E-state index in [2.05, 4.69) is 16.0 Å². The molecular formula is C29H29N3O4S. The van der Waals surface area contributed by atoms with Gasteiger partial charge in [0.2, 0.25) is 0 Å². The Morgan fingerprint density at radius 2 is 1.62 bits per heavy atom. The number of fused-ring (bicyclic) bond motifs is 1. The Labute approximate surface area is 217 Å². The number of amides is 1. The number of carbonyl (C=O) groups is 1. The number of carbonyl (C=O) groups excluding carboxylic acids is 1. The molecule has 3 aromatic carbocycles. The molecule has 1 aliphatic heterocycles. The fourth-order valence-corrected chi connectivity index (χ4v) is 6.23. The smallest absolute Gasteiger partial charge is 0.253 e. The van der Waals surface area contributed by atoms with Crippen molar-refractivity contribution >= 4 is 26.6 Å². The van der Waals surface area contributed by atoms with Crippen LogP contribution in [-0.4, -0.2) is 62.4 Å². The average Bonchev–Trinajstić information content (AvgIpc) is 2.93. The first-order valence-electron chi connectivity index (χ1n) is 12.2. The summed E-state index contributed by atoms with van der Waals surface area (Å²) in [6.07, 6.45) is 1.60. The van der Waals surface area contributed by atoms with Crippen molar-refractivity contribution in [1.82, 2.24) is 14.8 Å². The van der Waals surface area contributed by atoms with Crippen molar-refractivity contribution in [3.05, 3.63) is 102 Å². The molecule has 0 radical (unpaired) electrons. The van der Waals surface area contributed by atoms with Crippen molar-refractivity contribution in [3.63, 3.8) is 0 Å². The summed E-state index contributed by atoms with van der Waals surface area (Å²) in [7, 11) is -1.94. The van der Waals surface area contributed by atoms with Crippen molar-refractivity contribution in [1.29, 1.82) is 0 Å². The average molecular weight is 516 g/mol. The van der Waals surface area contributed by atoms with Crippen LogP contribution in [0.15, 0.2) is 90.0 Å². The molecule has 4 aromatic rings. The van der Waals surface area contributed by atoms with Crippen LogP contribution in [0, 0.1) is 0 Å². The highest BCUT2D eigenvalue weighted by atomic mass is 32.2. The number of aromatic nitrogens is 1. The Morgan fingerprint density at radius 3 is 2.38 bits per heavy atom. The van der Waals surface area contributed by atoms with Gasteiger partial charge in [-0.25, -0.2) is 8.42 Å². The summed E-state index contributed by atoms with van der Waals surface area (Å²) < 4.78 is 31.6. The van der Waals surface area contributed by atoms with Crippen molar-refractivity contribution in [3.8, 4) is 5.75 Å². The van der Waals surface area contributed by atoms with E-state index in [4.69, 9.17) is 4.74 Å². The monoisotopic (exact) mass is 515 g/mol. The predicted molar refractivity (Wildman–Crippen MR) is 143 cm³/mol. The van der Waals surface area contributed by atoms with Gasteiger partial charge in [0.25, 0.3) is 5.91 Å². The Morgan fingerprint density at radius 1 is 0.892 bits per heavy atom. The second-order valence-electron chi connectivity index (χ2n) is 9.21. The van der Waals surface area contributed by atoms with Crippen LogP contribution in [0.25, 0.3) is 10.9 Å². The second kappa shape index (κ2) is 10.7. The lowest BCUT2D eigenvalue weighted by atomic mass is 10.1. The lowest BCUT2D eigenvalue weighted by Gasteiger charge is -2.34. The van der Waals surface area contributed by atoms with Crippen LogP contribution in [0.3, 0.4) is 0 Å². The maximum absolute atomic E-state index is 13.2. The van der Waals surface area contributed by atoms with Crippen molar-refractivity contribution in [2.75, 3.05) is 33.3 Å². The first-order valence-corrected chi connectivity index (χ1v) is 13.9. The molecule has 37 heavy (non-hydrogen) atoms. The predicted octanol–water partition coefficient (Wildman–Crippen LogP) is 4.18. The van der Waals surface area contributed by atoms with E-state index in [1.807, 2.05) is 35.2 Å². The minimum atomic E-state index is -3.60. The van der Waals surface area contributed by atoms with Crippen LogP contribution in [-0.2, 0) is 22.1 Å². The van der Waals surface area contributed by atoms with Crippen LogP contribution in [0.4, 0.5) is 0 Å². The Hall–Kier alpha value is -3.75. The van der Waals surface area contributed by atoms with Gasteiger partial charge in [0, 0.05) is 49.9 Å². The number of methoxy groups -OCH3 is 1. The Bertz CT molecular complexity index is 1510. The number of hydrogen-bond acceptors (Lipinski definition) is 6. The maximum atomic E-state index is 13.2. The van der Waals surface area contributed by atoms with Crippen LogP contribution < -0.4 is 4.74 Å². The van der Waals surface area contributed by atoms with Gasteiger partial charge < -0.3 is 9.64 Å². The molecule has 1 fully saturated rings. The molecule has 0 aliphatic carbocycles. The third kappa shape index (κ3) is 5.65. The highest BCUT2D eigenvalue weighted by molar-refractivity contribution is 7.90. The van der Waals surface area contributed by atoms with Gasteiger partial charge in [-0.3, -0.25) is 14.7 Å². The normalized spacial score (nSPS) is 14.6. The molecular weight excluding hydrogens is 486 g/mol. The lowest BCUT2D eigenvalue weighted by Crippen LogP contribution is -2.48. The summed E-state index contributed by atoms with van der Waals surface area (Å²) in [5.41, 5.74) is 2.85. The summed E-state index contributed by atoms with van der Waals surface area (Å²) in [4.78, 5) is 21.8. The van der Waals surface area contributed by atoms with E-state index in [1.54, 1.807) is 55.8 Å². The number of ether oxygens (including phenoxy) is 1. The molecule has 1 saturated heterocycles. The van der Waals surface area contributed by atoms with Crippen molar-refractivity contribution in [2.45, 2.75) is 17.2 Å². The van der Waals surface area contributed by atoms with Gasteiger partial charge in [-0.15, -0.1) is 0 Å². The zero-order chi connectivity index (χ0) is 25.8. The topological polar surface area (TPSA) is 79.8 Å². The molecule has 1 amide bonds. The van der Waals surface area contributed by atoms with E-state index in [0.29, 0.717) is 29.7 Å². The second-order valence-corrected chi connectivity index (χ2v) is 11.2. The van der Waals surface area contributed by atoms with Gasteiger partial charge in [0.1, 0.15) is 5.75 Å². The van der Waals surface area contributed by atoms with Crippen LogP contribution in [0.2, 0.25) is 0 Å². The summed E-state index contributed by atoms with van der Waals surface area (Å²) in [5, 5.41) is 0.785. The van der Waals surface area contributed by atoms with Gasteiger partial charge in [0.05, 0.1) is 23.3 Å². The number of hydrogen-bond donors (Lipinski definition) is 0. The Balaban J connectivity index is 1.20. The molecule has 0 saturated carbocycles. The first kappa shape index (κ1) is 24.9. The van der Waals surface area contributed by atoms with E-state index in [-0.39, 0.29) is 16.6 Å². The van der Waals surface area contributed by atoms with Gasteiger partial charge in [-0.2, -0.15) is 0 Å². The van der Waals surface area contributed by atoms with E-state index < -0.39 is 9.84 Å². The maximum Gasteiger partial charge on any atom is 0.253 e. The Kier molecular flexibility index (Phi) is 7.21. The van der Waals surface area contributed by atoms with E-state index in [9.17, 15) is 13.2 Å². The van der Waals surface area contributed by atoms with Crippen LogP contribution >= 0.6 is 0 Å². The largest absolute Gasteiger partial charge is 0.497 e. The molecule has 2 heterocycles. The molecule has 0 N–H and O–H groups in total. The molecule has 0 spiro atoms. The molecule has 0 unspecified atom stereocenters. The molecule has 7 nitrogen and oxygen atoms in total. The van der Waals surface area contributed by atoms with Gasteiger partial charge in [-0.1, -0.05) is 42.5 Å². The molecule has 8 heteroatoms. The fourth-order valence-electron chi connectivity index (χ4n) is 4.69. The van der Waals surface area contributed by atoms with Crippen molar-refractivity contribution in [2.24, 2.45) is 0 Å². The number of piperazine rings is 1. The summed E-state index contributed by atoms with van der Waals surface area (Å²) in [6.45, 7) is 3.69. The third-order valence-electron chi connectivity index (χ3n) is 6.69. The van der Waals surface area contributed by atoms with Gasteiger partial charge in [0.15, 0.2) is 9.84 Å². The molecule has 0 bridgehead atoms. The molecule has 1 aliphatic rings. The number of pyridine rings is 1. The zero-order valence-corrected chi connectivity index (χ0v) is 21.5.